The molecule has 0 N–H and O–H groups in total. The molecule has 12 heavy (non-hydrogen) atoms. The van der Waals surface area contributed by atoms with Crippen molar-refractivity contribution >= 4 is 6.08 Å². The average Bonchev–Trinajstić information content (AvgIpc) is 2.17. The molecule has 0 atom stereocenters. The molecule has 1 aliphatic rings. The molecule has 62 valence electrons. The molecule has 0 fully saturated rings. The van der Waals surface area contributed by atoms with Crippen molar-refractivity contribution in [3.05, 3.63) is 41.5 Å². The van der Waals surface area contributed by atoms with Crippen molar-refractivity contribution in [3.63, 3.8) is 0 Å². The third kappa shape index (κ3) is 1.26. The molecule has 0 unspecified atom stereocenters. The van der Waals surface area contributed by atoms with Gasteiger partial charge in [-0.1, -0.05) is 24.8 Å². The summed E-state index contributed by atoms with van der Waals surface area (Å²) in [6.45, 7) is 4.79. The zero-order valence-corrected chi connectivity index (χ0v) is 6.75. The minimum absolute atomic E-state index is 0.539. The maximum atomic E-state index is 4.86. The van der Waals surface area contributed by atoms with Crippen LogP contribution in [0.3, 0.4) is 0 Å². The first kappa shape index (κ1) is 7.53. The molecule has 2 rings (SSSR count). The van der Waals surface area contributed by atoms with E-state index in [1.807, 2.05) is 12.1 Å². The summed E-state index contributed by atoms with van der Waals surface area (Å²) in [5.41, 5.74) is 3.52. The Hall–Kier alpha value is -1.12. The van der Waals surface area contributed by atoms with Crippen molar-refractivity contribution in [1.82, 2.24) is 0 Å². The zero-order chi connectivity index (χ0) is 8.39. The summed E-state index contributed by atoms with van der Waals surface area (Å²) in [5, 5.41) is 0. The fourth-order valence-corrected chi connectivity index (χ4v) is 1.26. The Bertz CT molecular complexity index is 305. The Labute approximate surface area is 71.4 Å². The van der Waals surface area contributed by atoms with E-state index in [2.05, 4.69) is 18.7 Å². The average molecular weight is 162 g/mol. The Kier molecular flexibility index (Phi) is 1.94. The van der Waals surface area contributed by atoms with Gasteiger partial charge in [-0.05, 0) is 22.8 Å². The zero-order valence-electron chi connectivity index (χ0n) is 6.75. The number of hydrogen-bond donors (Lipinski definition) is 0. The first-order chi connectivity index (χ1) is 5.90. The summed E-state index contributed by atoms with van der Waals surface area (Å²) in [7, 11) is 0. The van der Waals surface area contributed by atoms with Gasteiger partial charge in [-0.2, -0.15) is 0 Å². The van der Waals surface area contributed by atoms with Crippen molar-refractivity contribution in [3.8, 4) is 0 Å². The van der Waals surface area contributed by atoms with Crippen LogP contribution in [-0.4, -0.2) is 0 Å². The van der Waals surface area contributed by atoms with E-state index < -0.39 is 0 Å². The molecule has 0 saturated heterocycles. The predicted molar refractivity (Wildman–Crippen MR) is 46.1 cm³/mol. The fourth-order valence-electron chi connectivity index (χ4n) is 1.26. The molecule has 1 heterocycles. The predicted octanol–water partition coefficient (Wildman–Crippen LogP) is 2.29. The van der Waals surface area contributed by atoms with Crippen LogP contribution >= 0.6 is 0 Å². The van der Waals surface area contributed by atoms with Crippen LogP contribution in [-0.2, 0) is 23.0 Å². The molecule has 1 aliphatic heterocycles. The molecule has 0 aliphatic carbocycles. The van der Waals surface area contributed by atoms with E-state index in [-0.39, 0.29) is 0 Å². The van der Waals surface area contributed by atoms with E-state index in [0.29, 0.717) is 13.2 Å². The largest absolute Gasteiger partial charge is 0.232 e. The molecule has 0 aromatic heterocycles. The van der Waals surface area contributed by atoms with Crippen molar-refractivity contribution in [1.29, 1.82) is 0 Å². The second-order valence-corrected chi connectivity index (χ2v) is 2.76. The highest BCUT2D eigenvalue weighted by Gasteiger charge is 2.09. The molecule has 1 aromatic rings. The molecule has 0 saturated carbocycles. The van der Waals surface area contributed by atoms with E-state index in [1.54, 1.807) is 0 Å². The van der Waals surface area contributed by atoms with Crippen LogP contribution in [0.15, 0.2) is 24.8 Å². The van der Waals surface area contributed by atoms with E-state index >= 15 is 0 Å². The minimum Gasteiger partial charge on any atom is -0.232 e. The van der Waals surface area contributed by atoms with Gasteiger partial charge in [0, 0.05) is 0 Å². The third-order valence-electron chi connectivity index (χ3n) is 1.98. The van der Waals surface area contributed by atoms with Crippen molar-refractivity contribution < 1.29 is 9.78 Å². The lowest BCUT2D eigenvalue weighted by Crippen LogP contribution is -2.07. The number of hydrogen-bond acceptors (Lipinski definition) is 2. The highest BCUT2D eigenvalue weighted by molar-refractivity contribution is 5.49. The summed E-state index contributed by atoms with van der Waals surface area (Å²) in [5.74, 6) is 0. The van der Waals surface area contributed by atoms with E-state index in [1.165, 1.54) is 11.1 Å². The van der Waals surface area contributed by atoms with Crippen LogP contribution in [0.5, 0.6) is 0 Å². The lowest BCUT2D eigenvalue weighted by atomic mass is 10.0. The summed E-state index contributed by atoms with van der Waals surface area (Å²) in [4.78, 5) is 9.70. The topological polar surface area (TPSA) is 18.5 Å². The highest BCUT2D eigenvalue weighted by Crippen LogP contribution is 2.19. The van der Waals surface area contributed by atoms with Gasteiger partial charge in [-0.3, -0.25) is 0 Å². The summed E-state index contributed by atoms with van der Waals surface area (Å²) in [6.07, 6.45) is 1.83. The quantitative estimate of drug-likeness (QED) is 0.590. The number of rotatable bonds is 1. The Balaban J connectivity index is 2.42. The first-order valence-corrected chi connectivity index (χ1v) is 3.89. The molecular weight excluding hydrogens is 152 g/mol. The van der Waals surface area contributed by atoms with Gasteiger partial charge in [0.2, 0.25) is 0 Å². The standard InChI is InChI=1S/C10H10O2/c1-2-8-3-4-9-6-11-12-7-10(9)5-8/h2-5H,1,6-7H2. The van der Waals surface area contributed by atoms with Crippen LogP contribution < -0.4 is 0 Å². The minimum atomic E-state index is 0.539. The SMILES string of the molecule is C=Cc1ccc2c(c1)COOC2. The monoisotopic (exact) mass is 162 g/mol. The van der Waals surface area contributed by atoms with Gasteiger partial charge in [0.1, 0.15) is 13.2 Å². The molecule has 2 heteroatoms. The van der Waals surface area contributed by atoms with Crippen molar-refractivity contribution in [2.45, 2.75) is 13.2 Å². The normalized spacial score (nSPS) is 15.3. The molecule has 0 spiro atoms. The van der Waals surface area contributed by atoms with E-state index in [9.17, 15) is 0 Å². The van der Waals surface area contributed by atoms with Crippen molar-refractivity contribution in [2.75, 3.05) is 0 Å². The summed E-state index contributed by atoms with van der Waals surface area (Å²) < 4.78 is 0. The van der Waals surface area contributed by atoms with Crippen LogP contribution in [0, 0.1) is 0 Å². The maximum Gasteiger partial charge on any atom is 0.108 e. The van der Waals surface area contributed by atoms with Crippen LogP contribution in [0.1, 0.15) is 16.7 Å². The molecule has 0 amide bonds. The van der Waals surface area contributed by atoms with Gasteiger partial charge in [-0.15, -0.1) is 0 Å². The molecule has 0 radical (unpaired) electrons. The van der Waals surface area contributed by atoms with Gasteiger partial charge < -0.3 is 0 Å². The third-order valence-corrected chi connectivity index (χ3v) is 1.98. The Morgan fingerprint density at radius 3 is 2.67 bits per heavy atom. The van der Waals surface area contributed by atoms with Gasteiger partial charge in [0.05, 0.1) is 0 Å². The van der Waals surface area contributed by atoms with Crippen LogP contribution in [0.25, 0.3) is 6.08 Å². The summed E-state index contributed by atoms with van der Waals surface area (Å²) >= 11 is 0. The lowest BCUT2D eigenvalue weighted by molar-refractivity contribution is -0.322. The number of benzene rings is 1. The van der Waals surface area contributed by atoms with E-state index in [4.69, 9.17) is 9.78 Å². The molecule has 1 aromatic carbocycles. The second kappa shape index (κ2) is 3.09. The second-order valence-electron chi connectivity index (χ2n) is 2.76. The Morgan fingerprint density at radius 2 is 1.92 bits per heavy atom. The lowest BCUT2D eigenvalue weighted by Gasteiger charge is -2.15. The number of fused-ring (bicyclic) bond motifs is 1. The maximum absolute atomic E-state index is 4.86. The summed E-state index contributed by atoms with van der Waals surface area (Å²) in [6, 6.07) is 6.15. The molecule has 0 bridgehead atoms. The highest BCUT2D eigenvalue weighted by atomic mass is 17.2. The van der Waals surface area contributed by atoms with Crippen LogP contribution in [0.4, 0.5) is 0 Å². The van der Waals surface area contributed by atoms with Gasteiger partial charge >= 0.3 is 0 Å². The van der Waals surface area contributed by atoms with Crippen molar-refractivity contribution in [2.24, 2.45) is 0 Å². The van der Waals surface area contributed by atoms with E-state index in [0.717, 1.165) is 5.56 Å². The fraction of sp³-hybridized carbons (Fsp3) is 0.200. The van der Waals surface area contributed by atoms with Gasteiger partial charge in [0.25, 0.3) is 0 Å². The molecule has 2 nitrogen and oxygen atoms in total. The molecular formula is C10H10O2. The van der Waals surface area contributed by atoms with Gasteiger partial charge in [-0.25, -0.2) is 9.78 Å². The first-order valence-electron chi connectivity index (χ1n) is 3.89. The smallest absolute Gasteiger partial charge is 0.108 e. The Morgan fingerprint density at radius 1 is 1.17 bits per heavy atom. The van der Waals surface area contributed by atoms with Gasteiger partial charge in [0.15, 0.2) is 0 Å². The van der Waals surface area contributed by atoms with Crippen LogP contribution in [0.2, 0.25) is 0 Å².